The average molecular weight is 448 g/mol. The number of ether oxygens (including phenoxy) is 1. The van der Waals surface area contributed by atoms with Gasteiger partial charge in [0.25, 0.3) is 0 Å². The lowest BCUT2D eigenvalue weighted by atomic mass is 9.98. The molecule has 1 aromatic heterocycles. The van der Waals surface area contributed by atoms with E-state index in [1.54, 1.807) is 14.0 Å². The number of benzene rings is 2. The van der Waals surface area contributed by atoms with E-state index in [4.69, 9.17) is 4.74 Å². The summed E-state index contributed by atoms with van der Waals surface area (Å²) in [5.41, 5.74) is 4.40. The molecule has 33 heavy (non-hydrogen) atoms. The quantitative estimate of drug-likeness (QED) is 0.509. The summed E-state index contributed by atoms with van der Waals surface area (Å²) in [5, 5.41) is 18.2. The second-order valence-electron chi connectivity index (χ2n) is 7.99. The fraction of sp³-hybridized carbons (Fsp3) is 0.250. The molecule has 0 aliphatic heterocycles. The number of hydrogen-bond donors (Lipinski definition) is 3. The summed E-state index contributed by atoms with van der Waals surface area (Å²) >= 11 is 0. The molecule has 0 saturated carbocycles. The molecule has 1 aliphatic rings. The summed E-state index contributed by atoms with van der Waals surface area (Å²) in [6.45, 7) is 1.84. The molecule has 9 heteroatoms. The highest BCUT2D eigenvalue weighted by Gasteiger charge is 2.29. The van der Waals surface area contributed by atoms with Gasteiger partial charge in [-0.3, -0.25) is 9.48 Å². The molecule has 0 radical (unpaired) electrons. The number of rotatable bonds is 7. The number of carbonyl (C=O) groups is 3. The summed E-state index contributed by atoms with van der Waals surface area (Å²) in [6, 6.07) is 15.6. The fourth-order valence-electron chi connectivity index (χ4n) is 4.09. The molecule has 4 rings (SSSR count). The average Bonchev–Trinajstić information content (AvgIpc) is 3.29. The number of aromatic nitrogens is 2. The number of aromatic carboxylic acids is 1. The molecule has 0 unspecified atom stereocenters. The van der Waals surface area contributed by atoms with Crippen LogP contribution in [0, 0.1) is 0 Å². The van der Waals surface area contributed by atoms with Crippen molar-refractivity contribution < 1.29 is 24.2 Å². The molecule has 0 saturated heterocycles. The van der Waals surface area contributed by atoms with Gasteiger partial charge in [-0.1, -0.05) is 48.5 Å². The van der Waals surface area contributed by atoms with Gasteiger partial charge >= 0.3 is 12.1 Å². The Morgan fingerprint density at radius 1 is 1.09 bits per heavy atom. The van der Waals surface area contributed by atoms with E-state index in [2.05, 4.69) is 27.9 Å². The predicted octanol–water partition coefficient (Wildman–Crippen LogP) is 3.37. The number of anilines is 1. The van der Waals surface area contributed by atoms with Gasteiger partial charge in [-0.2, -0.15) is 5.10 Å². The molecule has 170 valence electrons. The maximum Gasteiger partial charge on any atom is 0.407 e. The molecule has 1 atom stereocenters. The van der Waals surface area contributed by atoms with Gasteiger partial charge in [0, 0.05) is 31.6 Å². The van der Waals surface area contributed by atoms with Crippen molar-refractivity contribution in [3.05, 3.63) is 71.4 Å². The van der Waals surface area contributed by atoms with Gasteiger partial charge in [0.2, 0.25) is 5.91 Å². The first kappa shape index (κ1) is 22.1. The first-order chi connectivity index (χ1) is 15.8. The van der Waals surface area contributed by atoms with E-state index < -0.39 is 24.0 Å². The zero-order chi connectivity index (χ0) is 23.5. The number of alkyl carbamates (subject to hydrolysis) is 1. The molecule has 3 aromatic rings. The Balaban J connectivity index is 1.31. The van der Waals surface area contributed by atoms with Gasteiger partial charge in [-0.25, -0.2) is 9.59 Å². The number of amides is 2. The number of carboxylic acid groups (broad SMARTS) is 1. The molecule has 2 aromatic carbocycles. The van der Waals surface area contributed by atoms with Gasteiger partial charge in [-0.05, 0) is 29.2 Å². The molecule has 9 nitrogen and oxygen atoms in total. The Labute approximate surface area is 190 Å². The second-order valence-corrected chi connectivity index (χ2v) is 7.99. The molecule has 0 fully saturated rings. The van der Waals surface area contributed by atoms with E-state index in [-0.39, 0.29) is 30.3 Å². The second kappa shape index (κ2) is 9.15. The van der Waals surface area contributed by atoms with Crippen LogP contribution in [0.5, 0.6) is 0 Å². The minimum atomic E-state index is -1.19. The SMILES string of the molecule is C[C@H](CC(=O)Nc1nn(C)cc1C(=O)O)NC(=O)OCC1c2ccccc2-c2ccccc21. The summed E-state index contributed by atoms with van der Waals surface area (Å²) in [4.78, 5) is 35.9. The van der Waals surface area contributed by atoms with Gasteiger partial charge in [-0.15, -0.1) is 0 Å². The van der Waals surface area contributed by atoms with E-state index in [1.165, 1.54) is 10.9 Å². The maximum absolute atomic E-state index is 12.4. The van der Waals surface area contributed by atoms with Crippen molar-refractivity contribution in [2.24, 2.45) is 7.05 Å². The van der Waals surface area contributed by atoms with Crippen LogP contribution in [0.4, 0.5) is 10.6 Å². The summed E-state index contributed by atoms with van der Waals surface area (Å²) in [7, 11) is 1.56. The van der Waals surface area contributed by atoms with Crippen LogP contribution >= 0.6 is 0 Å². The molecule has 1 heterocycles. The number of aryl methyl sites for hydroxylation is 1. The lowest BCUT2D eigenvalue weighted by Crippen LogP contribution is -2.36. The third-order valence-corrected chi connectivity index (χ3v) is 5.52. The zero-order valence-electron chi connectivity index (χ0n) is 18.2. The van der Waals surface area contributed by atoms with Crippen LogP contribution in [0.15, 0.2) is 54.7 Å². The zero-order valence-corrected chi connectivity index (χ0v) is 18.2. The summed E-state index contributed by atoms with van der Waals surface area (Å²) in [6.07, 6.45) is 0.608. The van der Waals surface area contributed by atoms with Crippen LogP contribution in [0.25, 0.3) is 11.1 Å². The molecule has 0 spiro atoms. The molecular weight excluding hydrogens is 424 g/mol. The van der Waals surface area contributed by atoms with Crippen LogP contribution in [0.3, 0.4) is 0 Å². The number of carbonyl (C=O) groups excluding carboxylic acids is 2. The van der Waals surface area contributed by atoms with Crippen molar-refractivity contribution in [2.45, 2.75) is 25.3 Å². The maximum atomic E-state index is 12.4. The number of carboxylic acids is 1. The Morgan fingerprint density at radius 2 is 1.70 bits per heavy atom. The van der Waals surface area contributed by atoms with Crippen LogP contribution < -0.4 is 10.6 Å². The monoisotopic (exact) mass is 448 g/mol. The number of hydrogen-bond acceptors (Lipinski definition) is 5. The van der Waals surface area contributed by atoms with Crippen LogP contribution in [-0.2, 0) is 16.6 Å². The minimum Gasteiger partial charge on any atom is -0.477 e. The largest absolute Gasteiger partial charge is 0.477 e. The predicted molar refractivity (Wildman–Crippen MR) is 121 cm³/mol. The van der Waals surface area contributed by atoms with Crippen molar-refractivity contribution in [3.63, 3.8) is 0 Å². The van der Waals surface area contributed by atoms with Crippen molar-refractivity contribution >= 4 is 23.8 Å². The van der Waals surface area contributed by atoms with Gasteiger partial charge in [0.1, 0.15) is 12.2 Å². The fourth-order valence-corrected chi connectivity index (χ4v) is 4.09. The lowest BCUT2D eigenvalue weighted by Gasteiger charge is -2.17. The number of nitrogens with one attached hydrogen (secondary N) is 2. The molecule has 2 amide bonds. The highest BCUT2D eigenvalue weighted by atomic mass is 16.5. The minimum absolute atomic E-state index is 0.0386. The van der Waals surface area contributed by atoms with Crippen molar-refractivity contribution in [1.29, 1.82) is 0 Å². The van der Waals surface area contributed by atoms with Gasteiger partial charge < -0.3 is 20.5 Å². The van der Waals surface area contributed by atoms with E-state index in [1.807, 2.05) is 36.4 Å². The van der Waals surface area contributed by atoms with Crippen molar-refractivity contribution in [2.75, 3.05) is 11.9 Å². The molecule has 1 aliphatic carbocycles. The number of nitrogens with zero attached hydrogens (tertiary/aromatic N) is 2. The molecule has 3 N–H and O–H groups in total. The Morgan fingerprint density at radius 3 is 2.30 bits per heavy atom. The highest BCUT2D eigenvalue weighted by molar-refractivity contribution is 5.99. The van der Waals surface area contributed by atoms with Crippen LogP contribution in [0.2, 0.25) is 0 Å². The first-order valence-electron chi connectivity index (χ1n) is 10.5. The van der Waals surface area contributed by atoms with E-state index >= 15 is 0 Å². The molecule has 0 bridgehead atoms. The summed E-state index contributed by atoms with van der Waals surface area (Å²) < 4.78 is 6.79. The van der Waals surface area contributed by atoms with E-state index in [0.29, 0.717) is 0 Å². The van der Waals surface area contributed by atoms with Gasteiger partial charge in [0.05, 0.1) is 0 Å². The standard InChI is InChI=1S/C24H24N4O5/c1-14(11-21(29)26-22-19(23(30)31)12-28(2)27-22)25-24(32)33-13-20-17-9-5-3-7-15(17)16-8-4-6-10-18(16)20/h3-10,12,14,20H,11,13H2,1-2H3,(H,25,32)(H,30,31)(H,26,27,29)/t14-/m1/s1. The van der Waals surface area contributed by atoms with E-state index in [0.717, 1.165) is 22.3 Å². The summed E-state index contributed by atoms with van der Waals surface area (Å²) in [5.74, 6) is -1.76. The topological polar surface area (TPSA) is 123 Å². The first-order valence-corrected chi connectivity index (χ1v) is 10.5. The van der Waals surface area contributed by atoms with Crippen LogP contribution in [0.1, 0.15) is 40.7 Å². The Bertz CT molecular complexity index is 1170. The highest BCUT2D eigenvalue weighted by Crippen LogP contribution is 2.44. The van der Waals surface area contributed by atoms with Gasteiger partial charge in [0.15, 0.2) is 5.82 Å². The van der Waals surface area contributed by atoms with E-state index in [9.17, 15) is 19.5 Å². The third kappa shape index (κ3) is 4.72. The normalized spacial score (nSPS) is 13.0. The van der Waals surface area contributed by atoms with Crippen molar-refractivity contribution in [3.8, 4) is 11.1 Å². The number of fused-ring (bicyclic) bond motifs is 3. The smallest absolute Gasteiger partial charge is 0.407 e. The Kier molecular flexibility index (Phi) is 6.12. The molecular formula is C24H24N4O5. The van der Waals surface area contributed by atoms with Crippen LogP contribution in [-0.4, -0.2) is 45.5 Å². The lowest BCUT2D eigenvalue weighted by molar-refractivity contribution is -0.116. The van der Waals surface area contributed by atoms with Crippen molar-refractivity contribution in [1.82, 2.24) is 15.1 Å². The Hall–Kier alpha value is -4.14. The third-order valence-electron chi connectivity index (χ3n) is 5.52.